The van der Waals surface area contributed by atoms with Gasteiger partial charge in [0, 0.05) is 5.92 Å². The molecule has 3 fully saturated rings. The summed E-state index contributed by atoms with van der Waals surface area (Å²) in [6.07, 6.45) is 0.803. The van der Waals surface area contributed by atoms with E-state index in [1.807, 2.05) is 0 Å². The second-order valence-electron chi connectivity index (χ2n) is 4.58. The van der Waals surface area contributed by atoms with Crippen LogP contribution in [0.2, 0.25) is 0 Å². The second kappa shape index (κ2) is 1.94. The maximum atomic E-state index is 11.5. The first-order valence-electron chi connectivity index (χ1n) is 4.58. The minimum Gasteiger partial charge on any atom is -0.390 e. The molecular weight excluding hydrogens is 192 g/mol. The van der Waals surface area contributed by atoms with Crippen molar-refractivity contribution in [3.63, 3.8) is 0 Å². The maximum absolute atomic E-state index is 11.5. The molecule has 0 radical (unpaired) electrons. The molecule has 0 aromatic carbocycles. The van der Waals surface area contributed by atoms with E-state index in [1.54, 1.807) is 6.92 Å². The number of hydrogen-bond acceptors (Lipinski definition) is 4. The number of fused-ring (bicyclic) bond motifs is 1. The topological polar surface area (TPSA) is 63.6 Å². The average Bonchev–Trinajstić information content (AvgIpc) is 2.55. The fourth-order valence-corrected chi connectivity index (χ4v) is 5.44. The molecule has 0 amide bonds. The van der Waals surface area contributed by atoms with Gasteiger partial charge in [-0.25, -0.2) is 0 Å². The van der Waals surface area contributed by atoms with Gasteiger partial charge in [0.2, 0.25) is 0 Å². The van der Waals surface area contributed by atoms with Crippen molar-refractivity contribution in [2.75, 3.05) is 0 Å². The van der Waals surface area contributed by atoms with E-state index >= 15 is 0 Å². The van der Waals surface area contributed by atoms with Crippen LogP contribution in [0.3, 0.4) is 0 Å². The minimum atomic E-state index is -3.38. The van der Waals surface area contributed by atoms with Crippen molar-refractivity contribution in [2.45, 2.75) is 36.7 Å². The standard InChI is InChI=1S/C8H12O4S/c1-8-5-2-4(7(8)9)3-6(5)13(10,11)12-8/h4-7,9H,2-3H2,1H3. The van der Waals surface area contributed by atoms with Crippen molar-refractivity contribution in [3.8, 4) is 0 Å². The molecule has 4 nitrogen and oxygen atoms in total. The van der Waals surface area contributed by atoms with Crippen molar-refractivity contribution in [1.29, 1.82) is 0 Å². The van der Waals surface area contributed by atoms with Gasteiger partial charge in [-0.3, -0.25) is 4.18 Å². The number of hydrogen-bond donors (Lipinski definition) is 1. The van der Waals surface area contributed by atoms with Crippen molar-refractivity contribution in [2.24, 2.45) is 11.8 Å². The van der Waals surface area contributed by atoms with Crippen LogP contribution in [0.1, 0.15) is 19.8 Å². The molecule has 1 aliphatic heterocycles. The summed E-state index contributed by atoms with van der Waals surface area (Å²) in [4.78, 5) is 0. The Morgan fingerprint density at radius 3 is 2.69 bits per heavy atom. The van der Waals surface area contributed by atoms with Gasteiger partial charge in [-0.15, -0.1) is 0 Å². The summed E-state index contributed by atoms with van der Waals surface area (Å²) in [5.74, 6) is 0.162. The zero-order valence-electron chi connectivity index (χ0n) is 7.30. The monoisotopic (exact) mass is 204 g/mol. The molecule has 0 aromatic heterocycles. The van der Waals surface area contributed by atoms with E-state index in [0.29, 0.717) is 6.42 Å². The van der Waals surface area contributed by atoms with Gasteiger partial charge in [0.05, 0.1) is 11.4 Å². The van der Waals surface area contributed by atoms with Crippen LogP contribution in [0.4, 0.5) is 0 Å². The van der Waals surface area contributed by atoms with Crippen LogP contribution in [-0.2, 0) is 14.3 Å². The molecular formula is C8H12O4S. The molecule has 2 bridgehead atoms. The van der Waals surface area contributed by atoms with Gasteiger partial charge in [0.15, 0.2) is 0 Å². The van der Waals surface area contributed by atoms with Gasteiger partial charge in [0.25, 0.3) is 10.1 Å². The fraction of sp³-hybridized carbons (Fsp3) is 1.00. The molecule has 74 valence electrons. The highest BCUT2D eigenvalue weighted by molar-refractivity contribution is 7.87. The van der Waals surface area contributed by atoms with E-state index in [4.69, 9.17) is 4.18 Å². The third-order valence-corrected chi connectivity index (χ3v) is 5.83. The molecule has 13 heavy (non-hydrogen) atoms. The Labute approximate surface area is 77.0 Å². The molecule has 1 N–H and O–H groups in total. The summed E-state index contributed by atoms with van der Waals surface area (Å²) in [5.41, 5.74) is -0.813. The lowest BCUT2D eigenvalue weighted by Crippen LogP contribution is -2.44. The van der Waals surface area contributed by atoms with Crippen LogP contribution in [0.15, 0.2) is 0 Å². The third-order valence-electron chi connectivity index (χ3n) is 3.98. The summed E-state index contributed by atoms with van der Waals surface area (Å²) in [7, 11) is -3.38. The lowest BCUT2D eigenvalue weighted by molar-refractivity contribution is -0.0485. The quantitative estimate of drug-likeness (QED) is 0.558. The van der Waals surface area contributed by atoms with Crippen LogP contribution in [0.5, 0.6) is 0 Å². The van der Waals surface area contributed by atoms with Gasteiger partial charge in [-0.2, -0.15) is 8.42 Å². The van der Waals surface area contributed by atoms with E-state index in [2.05, 4.69) is 0 Å². The highest BCUT2D eigenvalue weighted by atomic mass is 32.2. The largest absolute Gasteiger partial charge is 0.390 e. The smallest absolute Gasteiger partial charge is 0.271 e. The van der Waals surface area contributed by atoms with Crippen molar-refractivity contribution < 1.29 is 17.7 Å². The molecule has 2 saturated carbocycles. The highest BCUT2D eigenvalue weighted by Gasteiger charge is 2.70. The molecule has 0 spiro atoms. The van der Waals surface area contributed by atoms with Gasteiger partial charge in [0.1, 0.15) is 5.60 Å². The molecule has 5 heteroatoms. The Morgan fingerprint density at radius 2 is 2.15 bits per heavy atom. The summed E-state index contributed by atoms with van der Waals surface area (Å²) < 4.78 is 28.0. The normalized spacial score (nSPS) is 61.7. The van der Waals surface area contributed by atoms with Crippen LogP contribution >= 0.6 is 0 Å². The maximum Gasteiger partial charge on any atom is 0.271 e. The predicted octanol–water partition coefficient (Wildman–Crippen LogP) is -0.126. The molecule has 0 aromatic rings. The average molecular weight is 204 g/mol. The summed E-state index contributed by atoms with van der Waals surface area (Å²) in [5, 5.41) is 9.47. The lowest BCUT2D eigenvalue weighted by atomic mass is 9.83. The van der Waals surface area contributed by atoms with Crippen LogP contribution < -0.4 is 0 Å². The Bertz CT molecular complexity index is 362. The number of rotatable bonds is 0. The second-order valence-corrected chi connectivity index (χ2v) is 6.34. The Morgan fingerprint density at radius 1 is 1.46 bits per heavy atom. The summed E-state index contributed by atoms with van der Waals surface area (Å²) in [6.45, 7) is 1.72. The summed E-state index contributed by atoms with van der Waals surface area (Å²) >= 11 is 0. The molecule has 3 rings (SSSR count). The van der Waals surface area contributed by atoms with Crippen molar-refractivity contribution in [3.05, 3.63) is 0 Å². The molecule has 3 aliphatic rings. The van der Waals surface area contributed by atoms with Gasteiger partial charge in [-0.05, 0) is 25.7 Å². The van der Waals surface area contributed by atoms with E-state index in [9.17, 15) is 13.5 Å². The Hall–Kier alpha value is -0.130. The molecule has 2 aliphatic carbocycles. The molecule has 5 unspecified atom stereocenters. The van der Waals surface area contributed by atoms with Gasteiger partial charge in [-0.1, -0.05) is 0 Å². The first kappa shape index (κ1) is 8.20. The predicted molar refractivity (Wildman–Crippen MR) is 44.4 cm³/mol. The van der Waals surface area contributed by atoms with E-state index in [-0.39, 0.29) is 17.1 Å². The zero-order valence-corrected chi connectivity index (χ0v) is 8.12. The fourth-order valence-electron chi connectivity index (χ4n) is 3.33. The third kappa shape index (κ3) is 0.727. The minimum absolute atomic E-state index is 0.0255. The lowest BCUT2D eigenvalue weighted by Gasteiger charge is -2.29. The number of aliphatic hydroxyl groups is 1. The van der Waals surface area contributed by atoms with Crippen LogP contribution in [0, 0.1) is 11.8 Å². The van der Waals surface area contributed by atoms with Crippen LogP contribution in [0.25, 0.3) is 0 Å². The van der Waals surface area contributed by atoms with Crippen LogP contribution in [-0.4, -0.2) is 30.5 Å². The highest BCUT2D eigenvalue weighted by Crippen LogP contribution is 2.60. The Kier molecular flexibility index (Phi) is 1.23. The van der Waals surface area contributed by atoms with E-state index in [0.717, 1.165) is 6.42 Å². The first-order chi connectivity index (χ1) is 5.95. The van der Waals surface area contributed by atoms with Gasteiger partial charge < -0.3 is 5.11 Å². The van der Waals surface area contributed by atoms with Crippen molar-refractivity contribution >= 4 is 10.1 Å². The zero-order chi connectivity index (χ0) is 9.43. The van der Waals surface area contributed by atoms with Gasteiger partial charge >= 0.3 is 0 Å². The van der Waals surface area contributed by atoms with E-state index < -0.39 is 21.8 Å². The van der Waals surface area contributed by atoms with E-state index in [1.165, 1.54) is 0 Å². The number of aliphatic hydroxyl groups excluding tert-OH is 1. The molecule has 1 saturated heterocycles. The van der Waals surface area contributed by atoms with Crippen molar-refractivity contribution in [1.82, 2.24) is 0 Å². The first-order valence-corrected chi connectivity index (χ1v) is 6.05. The Balaban J connectivity index is 2.18. The SMILES string of the molecule is CC12OS(=O)(=O)C3CC(CC31)C2O. The molecule has 1 heterocycles. The molecule has 5 atom stereocenters. The summed E-state index contributed by atoms with van der Waals surface area (Å²) in [6, 6.07) is 0.